The van der Waals surface area contributed by atoms with Crippen LogP contribution in [0.2, 0.25) is 0 Å². The van der Waals surface area contributed by atoms with Crippen molar-refractivity contribution in [2.75, 3.05) is 12.4 Å². The first-order valence-electron chi connectivity index (χ1n) is 6.72. The Balaban J connectivity index is 1.97. The van der Waals surface area contributed by atoms with Gasteiger partial charge in [-0.3, -0.25) is 14.6 Å². The second-order valence-corrected chi connectivity index (χ2v) is 5.76. The number of anilines is 1. The molecule has 0 aliphatic carbocycles. The predicted molar refractivity (Wildman–Crippen MR) is 87.6 cm³/mol. The molecule has 0 unspecified atom stereocenters. The van der Waals surface area contributed by atoms with Crippen molar-refractivity contribution in [1.29, 1.82) is 0 Å². The van der Waals surface area contributed by atoms with Gasteiger partial charge in [0.15, 0.2) is 0 Å². The minimum atomic E-state index is -0.272. The maximum atomic E-state index is 12.2. The molecule has 1 heterocycles. The van der Waals surface area contributed by atoms with Gasteiger partial charge in [-0.05, 0) is 23.8 Å². The molecular weight excluding hydrogens is 298 g/mol. The zero-order valence-electron chi connectivity index (χ0n) is 12.3. The average molecular weight is 315 g/mol. The van der Waals surface area contributed by atoms with E-state index in [4.69, 9.17) is 0 Å². The first kappa shape index (κ1) is 15.9. The fourth-order valence-electron chi connectivity index (χ4n) is 1.90. The van der Waals surface area contributed by atoms with E-state index in [1.54, 1.807) is 35.8 Å². The molecule has 0 saturated heterocycles. The van der Waals surface area contributed by atoms with Crippen molar-refractivity contribution < 1.29 is 9.59 Å². The molecule has 0 bridgehead atoms. The zero-order chi connectivity index (χ0) is 15.9. The lowest BCUT2D eigenvalue weighted by Gasteiger charge is -2.16. The Kier molecular flexibility index (Phi) is 5.43. The molecule has 0 spiro atoms. The second kappa shape index (κ2) is 7.51. The molecule has 1 aromatic heterocycles. The van der Waals surface area contributed by atoms with Gasteiger partial charge in [0, 0.05) is 23.8 Å². The Hall–Kier alpha value is -2.47. The van der Waals surface area contributed by atoms with E-state index in [2.05, 4.69) is 16.9 Å². The summed E-state index contributed by atoms with van der Waals surface area (Å²) in [4.78, 5) is 30.2. The number of carbonyl (C=O) groups excluding carboxylic acids is 2. The van der Waals surface area contributed by atoms with Crippen LogP contribution in [-0.4, -0.2) is 28.7 Å². The molecule has 6 heteroatoms. The predicted octanol–water partition coefficient (Wildman–Crippen LogP) is 2.47. The van der Waals surface area contributed by atoms with Gasteiger partial charge in [-0.25, -0.2) is 0 Å². The molecular formula is C16H17N3O2S. The third-order valence-electron chi connectivity index (χ3n) is 3.04. The van der Waals surface area contributed by atoms with Gasteiger partial charge in [-0.1, -0.05) is 18.7 Å². The van der Waals surface area contributed by atoms with Crippen molar-refractivity contribution in [1.82, 2.24) is 9.88 Å². The largest absolute Gasteiger partial charge is 0.340 e. The molecule has 0 saturated carbocycles. The number of carbonyl (C=O) groups is 2. The summed E-state index contributed by atoms with van der Waals surface area (Å²) in [6.45, 7) is 3.96. The Bertz CT molecular complexity index is 668. The summed E-state index contributed by atoms with van der Waals surface area (Å²) in [5, 5.41) is 2.68. The summed E-state index contributed by atoms with van der Waals surface area (Å²) in [5.41, 5.74) is 3.25. The van der Waals surface area contributed by atoms with Gasteiger partial charge in [-0.15, -0.1) is 11.3 Å². The summed E-state index contributed by atoms with van der Waals surface area (Å²) in [6.07, 6.45) is 3.26. The fourth-order valence-corrected chi connectivity index (χ4v) is 2.55. The molecule has 22 heavy (non-hydrogen) atoms. The molecule has 0 fully saturated rings. The normalized spacial score (nSPS) is 10.0. The Morgan fingerprint density at radius 1 is 1.45 bits per heavy atom. The topological polar surface area (TPSA) is 62.3 Å². The molecule has 5 nitrogen and oxygen atoms in total. The molecule has 0 aliphatic heterocycles. The van der Waals surface area contributed by atoms with Crippen LogP contribution in [0, 0.1) is 0 Å². The third-order valence-corrected chi connectivity index (χ3v) is 3.80. The van der Waals surface area contributed by atoms with Gasteiger partial charge >= 0.3 is 0 Å². The van der Waals surface area contributed by atoms with Gasteiger partial charge in [-0.2, -0.15) is 0 Å². The Labute approximate surface area is 133 Å². The summed E-state index contributed by atoms with van der Waals surface area (Å²) in [7, 11) is 1.77. The summed E-state index contributed by atoms with van der Waals surface area (Å²) < 4.78 is 0. The molecule has 1 N–H and O–H groups in total. The highest BCUT2D eigenvalue weighted by molar-refractivity contribution is 7.09. The lowest BCUT2D eigenvalue weighted by Crippen LogP contribution is -2.27. The van der Waals surface area contributed by atoms with Crippen LogP contribution in [0.25, 0.3) is 0 Å². The quantitative estimate of drug-likeness (QED) is 0.833. The molecule has 0 aliphatic rings. The van der Waals surface area contributed by atoms with Crippen LogP contribution in [0.4, 0.5) is 5.69 Å². The molecule has 0 radical (unpaired) electrons. The lowest BCUT2D eigenvalue weighted by atomic mass is 10.1. The van der Waals surface area contributed by atoms with Crippen LogP contribution in [0.1, 0.15) is 10.4 Å². The van der Waals surface area contributed by atoms with Crippen molar-refractivity contribution in [2.45, 2.75) is 13.0 Å². The highest BCUT2D eigenvalue weighted by Crippen LogP contribution is 2.13. The van der Waals surface area contributed by atoms with Crippen molar-refractivity contribution >= 4 is 28.8 Å². The Morgan fingerprint density at radius 2 is 2.27 bits per heavy atom. The van der Waals surface area contributed by atoms with E-state index in [1.165, 1.54) is 17.4 Å². The van der Waals surface area contributed by atoms with Crippen LogP contribution in [0.15, 0.2) is 48.6 Å². The van der Waals surface area contributed by atoms with E-state index < -0.39 is 0 Å². The van der Waals surface area contributed by atoms with Gasteiger partial charge in [0.2, 0.25) is 11.8 Å². The van der Waals surface area contributed by atoms with E-state index in [1.807, 2.05) is 12.1 Å². The van der Waals surface area contributed by atoms with Crippen molar-refractivity contribution in [2.24, 2.45) is 0 Å². The number of nitrogens with zero attached hydrogens (tertiary/aromatic N) is 2. The number of nitrogens with one attached hydrogen (secondary N) is 1. The van der Waals surface area contributed by atoms with Crippen LogP contribution >= 0.6 is 11.3 Å². The fraction of sp³-hybridized carbons (Fsp3) is 0.188. The number of rotatable bonds is 6. The number of aromatic nitrogens is 1. The van der Waals surface area contributed by atoms with Crippen molar-refractivity contribution in [3.8, 4) is 0 Å². The summed E-state index contributed by atoms with van der Waals surface area (Å²) in [5.74, 6) is -0.258. The monoisotopic (exact) mass is 315 g/mol. The zero-order valence-corrected chi connectivity index (χ0v) is 13.1. The number of thiazole rings is 1. The second-order valence-electron chi connectivity index (χ2n) is 4.79. The van der Waals surface area contributed by atoms with Crippen LogP contribution in [-0.2, 0) is 22.6 Å². The highest BCUT2D eigenvalue weighted by Gasteiger charge is 2.11. The average Bonchev–Trinajstić information content (AvgIpc) is 3.00. The van der Waals surface area contributed by atoms with E-state index in [-0.39, 0.29) is 18.2 Å². The maximum Gasteiger partial charge on any atom is 0.247 e. The van der Waals surface area contributed by atoms with Gasteiger partial charge in [0.25, 0.3) is 0 Å². The standard InChI is InChI=1S/C16H17N3O2S/c1-3-15(20)18-13-6-4-5-12(7-13)8-16(21)19(2)10-14-9-17-11-22-14/h3-7,9,11H,1,8,10H2,2H3,(H,18,20). The third kappa shape index (κ3) is 4.53. The van der Waals surface area contributed by atoms with E-state index in [0.29, 0.717) is 12.2 Å². The van der Waals surface area contributed by atoms with Gasteiger partial charge in [0.1, 0.15) is 0 Å². The minimum Gasteiger partial charge on any atom is -0.340 e. The number of likely N-dealkylation sites (N-methyl/N-ethyl adjacent to an activating group) is 1. The van der Waals surface area contributed by atoms with Gasteiger partial charge < -0.3 is 10.2 Å². The van der Waals surface area contributed by atoms with Gasteiger partial charge in [0.05, 0.1) is 18.5 Å². The van der Waals surface area contributed by atoms with Crippen molar-refractivity contribution in [3.63, 3.8) is 0 Å². The SMILES string of the molecule is C=CC(=O)Nc1cccc(CC(=O)N(C)Cc2cncs2)c1. The van der Waals surface area contributed by atoms with E-state index in [0.717, 1.165) is 10.4 Å². The molecule has 114 valence electrons. The Morgan fingerprint density at radius 3 is 2.95 bits per heavy atom. The van der Waals surface area contributed by atoms with E-state index >= 15 is 0 Å². The van der Waals surface area contributed by atoms with Crippen LogP contribution in [0.5, 0.6) is 0 Å². The first-order chi connectivity index (χ1) is 10.6. The molecule has 2 rings (SSSR count). The highest BCUT2D eigenvalue weighted by atomic mass is 32.1. The molecule has 2 amide bonds. The summed E-state index contributed by atoms with van der Waals surface area (Å²) >= 11 is 1.52. The van der Waals surface area contributed by atoms with E-state index in [9.17, 15) is 9.59 Å². The number of benzene rings is 1. The minimum absolute atomic E-state index is 0.0144. The molecule has 1 aromatic carbocycles. The number of amides is 2. The maximum absolute atomic E-state index is 12.2. The molecule has 0 atom stereocenters. The van der Waals surface area contributed by atoms with Crippen LogP contribution < -0.4 is 5.32 Å². The molecule has 2 aromatic rings. The first-order valence-corrected chi connectivity index (χ1v) is 7.60. The number of hydrogen-bond acceptors (Lipinski definition) is 4. The van der Waals surface area contributed by atoms with Crippen LogP contribution in [0.3, 0.4) is 0 Å². The van der Waals surface area contributed by atoms with Crippen molar-refractivity contribution in [3.05, 3.63) is 59.1 Å². The summed E-state index contributed by atoms with van der Waals surface area (Å²) in [6, 6.07) is 7.24. The smallest absolute Gasteiger partial charge is 0.247 e. The number of hydrogen-bond donors (Lipinski definition) is 1. The lowest BCUT2D eigenvalue weighted by molar-refractivity contribution is -0.129.